The molecule has 0 heterocycles. The number of nitrogens with zero attached hydrogens (tertiary/aromatic N) is 1. The van der Waals surface area contributed by atoms with E-state index < -0.39 is 13.4 Å². The molecule has 0 amide bonds. The molecule has 3 N–H and O–H groups in total. The predicted octanol–water partition coefficient (Wildman–Crippen LogP) is -0.994. The van der Waals surface area contributed by atoms with Crippen molar-refractivity contribution in [3.63, 3.8) is 0 Å². The molecule has 0 aromatic rings. The van der Waals surface area contributed by atoms with Crippen molar-refractivity contribution in [2.45, 2.75) is 5.85 Å². The van der Waals surface area contributed by atoms with Crippen molar-refractivity contribution in [3.8, 4) is 6.07 Å². The fraction of sp³-hybridized carbons (Fsp3) is 0.500. The van der Waals surface area contributed by atoms with Gasteiger partial charge in [0.05, 0.1) is 0 Å². The first-order valence-corrected chi connectivity index (χ1v) is 3.29. The van der Waals surface area contributed by atoms with Gasteiger partial charge in [-0.2, -0.15) is 5.26 Å². The SMILES string of the molecule is N#C[C@@H](O)P(=O)(O)O. The Labute approximate surface area is 45.3 Å². The largest absolute Gasteiger partial charge is 0.368 e. The molecule has 0 aliphatic carbocycles. The Morgan fingerprint density at radius 1 is 1.62 bits per heavy atom. The van der Waals surface area contributed by atoms with E-state index in [9.17, 15) is 4.57 Å². The molecule has 0 unspecified atom stereocenters. The molecular weight excluding hydrogens is 133 g/mol. The maximum Gasteiger partial charge on any atom is 0.368 e. The van der Waals surface area contributed by atoms with Gasteiger partial charge in [0.25, 0.3) is 0 Å². The summed E-state index contributed by atoms with van der Waals surface area (Å²) < 4.78 is 9.78. The molecule has 0 radical (unpaired) electrons. The molecule has 8 heavy (non-hydrogen) atoms. The summed E-state index contributed by atoms with van der Waals surface area (Å²) in [5.74, 6) is -2.18. The zero-order valence-electron chi connectivity index (χ0n) is 3.72. The number of hydrogen-bond acceptors (Lipinski definition) is 3. The minimum Gasteiger partial charge on any atom is -0.368 e. The Morgan fingerprint density at radius 2 is 2.00 bits per heavy atom. The molecule has 0 aliphatic heterocycles. The Hall–Kier alpha value is -0.400. The Morgan fingerprint density at radius 3 is 2.00 bits per heavy atom. The quantitative estimate of drug-likeness (QED) is 0.318. The number of hydrogen-bond donors (Lipinski definition) is 3. The lowest BCUT2D eigenvalue weighted by atomic mass is 10.8. The van der Waals surface area contributed by atoms with Crippen LogP contribution in [-0.2, 0) is 4.57 Å². The molecule has 0 aromatic carbocycles. The van der Waals surface area contributed by atoms with Crippen molar-refractivity contribution in [1.82, 2.24) is 0 Å². The summed E-state index contributed by atoms with van der Waals surface area (Å²) in [7, 11) is -4.56. The highest BCUT2D eigenvalue weighted by molar-refractivity contribution is 7.52. The van der Waals surface area contributed by atoms with E-state index in [0.717, 1.165) is 6.07 Å². The fourth-order valence-corrected chi connectivity index (χ4v) is 0.226. The number of aliphatic hydroxyl groups is 1. The first-order valence-electron chi connectivity index (χ1n) is 1.61. The van der Waals surface area contributed by atoms with Crippen LogP contribution in [-0.4, -0.2) is 20.7 Å². The van der Waals surface area contributed by atoms with E-state index in [2.05, 4.69) is 0 Å². The van der Waals surface area contributed by atoms with Gasteiger partial charge in [-0.15, -0.1) is 0 Å². The Balaban J connectivity index is 4.09. The van der Waals surface area contributed by atoms with Crippen LogP contribution in [0.5, 0.6) is 0 Å². The lowest BCUT2D eigenvalue weighted by Crippen LogP contribution is -2.01. The van der Waals surface area contributed by atoms with Gasteiger partial charge in [-0.3, -0.25) is 4.57 Å². The highest BCUT2D eigenvalue weighted by atomic mass is 31.2. The molecule has 0 fully saturated rings. The first-order chi connectivity index (χ1) is 3.48. The molecule has 46 valence electrons. The molecule has 0 aliphatic rings. The van der Waals surface area contributed by atoms with Crippen LogP contribution in [0.15, 0.2) is 0 Å². The number of nitriles is 1. The third-order valence-electron chi connectivity index (χ3n) is 0.434. The first kappa shape index (κ1) is 7.60. The fourth-order valence-electron chi connectivity index (χ4n) is 0.0752. The van der Waals surface area contributed by atoms with E-state index in [-0.39, 0.29) is 0 Å². The molecule has 0 bridgehead atoms. The van der Waals surface area contributed by atoms with Crippen molar-refractivity contribution >= 4 is 7.60 Å². The van der Waals surface area contributed by atoms with Gasteiger partial charge in [-0.1, -0.05) is 0 Å². The van der Waals surface area contributed by atoms with Gasteiger partial charge in [-0.25, -0.2) is 0 Å². The molecule has 0 spiro atoms. The van der Waals surface area contributed by atoms with Crippen LogP contribution in [0.3, 0.4) is 0 Å². The maximum absolute atomic E-state index is 9.78. The highest BCUT2D eigenvalue weighted by Crippen LogP contribution is 2.38. The van der Waals surface area contributed by atoms with Crippen molar-refractivity contribution in [1.29, 1.82) is 5.26 Å². The topological polar surface area (TPSA) is 102 Å². The molecular formula is C2H4NO4P. The lowest BCUT2D eigenvalue weighted by molar-refractivity contribution is 0.243. The van der Waals surface area contributed by atoms with E-state index in [1.165, 1.54) is 0 Å². The van der Waals surface area contributed by atoms with Gasteiger partial charge in [-0.05, 0) is 0 Å². The highest BCUT2D eigenvalue weighted by Gasteiger charge is 2.25. The van der Waals surface area contributed by atoms with Crippen LogP contribution in [0.2, 0.25) is 0 Å². The van der Waals surface area contributed by atoms with Crippen LogP contribution < -0.4 is 0 Å². The average Bonchev–Trinajstić information content (AvgIpc) is 1.62. The van der Waals surface area contributed by atoms with E-state index >= 15 is 0 Å². The van der Waals surface area contributed by atoms with E-state index in [4.69, 9.17) is 20.2 Å². The number of aliphatic hydroxyl groups excluding tert-OH is 1. The lowest BCUT2D eigenvalue weighted by Gasteiger charge is -2.00. The molecule has 5 nitrogen and oxygen atoms in total. The van der Waals surface area contributed by atoms with Crippen LogP contribution in [0, 0.1) is 11.3 Å². The van der Waals surface area contributed by atoms with Gasteiger partial charge in [0.15, 0.2) is 0 Å². The summed E-state index contributed by atoms with van der Waals surface area (Å²) in [5, 5.41) is 15.7. The average molecular weight is 137 g/mol. The smallest absolute Gasteiger partial charge is 0.368 e. The summed E-state index contributed by atoms with van der Waals surface area (Å²) >= 11 is 0. The van der Waals surface area contributed by atoms with Gasteiger partial charge >= 0.3 is 7.60 Å². The summed E-state index contributed by atoms with van der Waals surface area (Å²) in [6, 6.07) is 0.997. The molecule has 0 aromatic heterocycles. The van der Waals surface area contributed by atoms with E-state index in [0.29, 0.717) is 0 Å². The zero-order chi connectivity index (χ0) is 6.78. The standard InChI is InChI=1S/C2H4NO4P/c3-1-2(4)8(5,6)7/h2,4H,(H2,5,6,7)/t2-/m0/s1. The Kier molecular flexibility index (Phi) is 2.13. The van der Waals surface area contributed by atoms with Gasteiger partial charge < -0.3 is 14.9 Å². The van der Waals surface area contributed by atoms with Crippen LogP contribution in [0.1, 0.15) is 0 Å². The summed E-state index contributed by atoms with van der Waals surface area (Å²) in [6.45, 7) is 0. The third kappa shape index (κ3) is 2.05. The maximum atomic E-state index is 9.78. The van der Waals surface area contributed by atoms with Gasteiger partial charge in [0.1, 0.15) is 6.07 Å². The van der Waals surface area contributed by atoms with E-state index in [1.54, 1.807) is 0 Å². The Bertz CT molecular complexity index is 154. The third-order valence-corrected chi connectivity index (χ3v) is 1.19. The van der Waals surface area contributed by atoms with Gasteiger partial charge in [0, 0.05) is 0 Å². The summed E-state index contributed by atoms with van der Waals surface area (Å²) in [6.07, 6.45) is 0. The second kappa shape index (κ2) is 2.25. The molecule has 0 saturated carbocycles. The second-order valence-electron chi connectivity index (χ2n) is 1.09. The van der Waals surface area contributed by atoms with Crippen molar-refractivity contribution in [3.05, 3.63) is 0 Å². The minimum absolute atomic E-state index is 0.997. The summed E-state index contributed by atoms with van der Waals surface area (Å²) in [4.78, 5) is 15.8. The van der Waals surface area contributed by atoms with Crippen molar-refractivity contribution < 1.29 is 19.5 Å². The zero-order valence-corrected chi connectivity index (χ0v) is 4.62. The predicted molar refractivity (Wildman–Crippen MR) is 23.7 cm³/mol. The van der Waals surface area contributed by atoms with E-state index in [1.807, 2.05) is 0 Å². The second-order valence-corrected chi connectivity index (χ2v) is 2.76. The normalized spacial score (nSPS) is 14.8. The molecule has 6 heteroatoms. The minimum atomic E-state index is -4.56. The monoisotopic (exact) mass is 137 g/mol. The van der Waals surface area contributed by atoms with Crippen molar-refractivity contribution in [2.75, 3.05) is 0 Å². The van der Waals surface area contributed by atoms with Gasteiger partial charge in [0.2, 0.25) is 5.85 Å². The number of rotatable bonds is 1. The molecule has 0 rings (SSSR count). The van der Waals surface area contributed by atoms with Crippen LogP contribution >= 0.6 is 7.60 Å². The van der Waals surface area contributed by atoms with Crippen LogP contribution in [0.4, 0.5) is 0 Å². The molecule has 1 atom stereocenters. The van der Waals surface area contributed by atoms with Crippen LogP contribution in [0.25, 0.3) is 0 Å². The summed E-state index contributed by atoms with van der Waals surface area (Å²) in [5.41, 5.74) is 0. The van der Waals surface area contributed by atoms with Crippen molar-refractivity contribution in [2.24, 2.45) is 0 Å². The molecule has 0 saturated heterocycles.